The van der Waals surface area contributed by atoms with E-state index in [1.54, 1.807) is 14.0 Å². The van der Waals surface area contributed by atoms with Gasteiger partial charge in [0.05, 0.1) is 56.1 Å². The fourth-order valence-corrected chi connectivity index (χ4v) is 9.29. The van der Waals surface area contributed by atoms with E-state index in [-0.39, 0.29) is 38.6 Å². The van der Waals surface area contributed by atoms with Gasteiger partial charge in [-0.05, 0) is 52.3 Å². The molecule has 2 aliphatic carbocycles. The standard InChI is InChI=1S/C21H41N5O7.C18H37N5O9/c1-4-26-13-7-12(24)16(32-19-11(23)6-5-10(8-22)31-19)14(27)17(13)33-20-15(28)18(25-3)21(2,29)9-30-20;19-3-9-8(25)2-7(22)17(29-9)31-15-5(20)1-6(21)16(14(15)28)32-18-13(27)11(23)12(26)10(4-24)30-18/h5,11-20,25-29H,4,6-9,22-24H2,1-3H3;5-18,24-28H,1-4,19-23H2/t11?,12-,13+,14-,15+,16+,17-,18+,19?,20+,21-;5-,6+,7+,8-,9+,10+,11-,12+,13+,14-,15+,16-,17+,18+/m00/s1. The van der Waals surface area contributed by atoms with Crippen LogP contribution in [-0.2, 0) is 37.9 Å². The molecule has 65 heavy (non-hydrogen) atoms. The summed E-state index contributed by atoms with van der Waals surface area (Å²) in [5.74, 6) is 0.572. The van der Waals surface area contributed by atoms with Crippen molar-refractivity contribution in [1.82, 2.24) is 10.6 Å². The van der Waals surface area contributed by atoms with Gasteiger partial charge in [0.15, 0.2) is 18.9 Å². The topological polar surface area (TPSA) is 468 Å². The Morgan fingerprint density at radius 1 is 0.692 bits per heavy atom. The molecule has 0 bridgehead atoms. The van der Waals surface area contributed by atoms with Gasteiger partial charge < -0.3 is 135 Å². The van der Waals surface area contributed by atoms with E-state index in [2.05, 4.69) is 10.6 Å². The Labute approximate surface area is 378 Å². The minimum absolute atomic E-state index is 0.0483. The molecular formula is C39H78N10O16. The summed E-state index contributed by atoms with van der Waals surface area (Å²) in [4.78, 5) is 0. The Morgan fingerprint density at radius 3 is 1.85 bits per heavy atom. The first-order valence-corrected chi connectivity index (χ1v) is 22.4. The molecule has 0 aromatic carbocycles. The normalized spacial score (nSPS) is 49.6. The zero-order valence-electron chi connectivity index (χ0n) is 37.3. The highest BCUT2D eigenvalue weighted by Gasteiger charge is 2.53. The molecule has 2 saturated carbocycles. The van der Waals surface area contributed by atoms with Gasteiger partial charge in [-0.1, -0.05) is 6.92 Å². The molecule has 3 saturated heterocycles. The molecular weight excluding hydrogens is 864 g/mol. The highest BCUT2D eigenvalue weighted by atomic mass is 16.7. The second-order valence-electron chi connectivity index (χ2n) is 18.1. The molecule has 2 unspecified atom stereocenters. The number of ether oxygens (including phenoxy) is 8. The second-order valence-corrected chi connectivity index (χ2v) is 18.1. The van der Waals surface area contributed by atoms with Crippen molar-refractivity contribution in [3.05, 3.63) is 11.8 Å². The van der Waals surface area contributed by atoms with Gasteiger partial charge in [0.2, 0.25) is 6.29 Å². The van der Waals surface area contributed by atoms with E-state index in [4.69, 9.17) is 83.8 Å². The van der Waals surface area contributed by atoms with Gasteiger partial charge in [-0.25, -0.2) is 0 Å². The van der Waals surface area contributed by atoms with Gasteiger partial charge in [0.25, 0.3) is 0 Å². The number of rotatable bonds is 14. The number of nitrogens with one attached hydrogen (secondary N) is 2. The van der Waals surface area contributed by atoms with Crippen LogP contribution < -0.4 is 56.5 Å². The summed E-state index contributed by atoms with van der Waals surface area (Å²) >= 11 is 0. The van der Waals surface area contributed by atoms with Crippen molar-refractivity contribution in [2.75, 3.05) is 39.9 Å². The van der Waals surface area contributed by atoms with Crippen LogP contribution >= 0.6 is 0 Å². The van der Waals surface area contributed by atoms with E-state index >= 15 is 0 Å². The molecule has 6 rings (SSSR count). The van der Waals surface area contributed by atoms with E-state index in [1.807, 2.05) is 13.0 Å². The quantitative estimate of drug-likeness (QED) is 0.0769. The monoisotopic (exact) mass is 943 g/mol. The Hall–Kier alpha value is -1.46. The maximum absolute atomic E-state index is 11.3. The lowest BCUT2D eigenvalue weighted by atomic mass is 9.83. The van der Waals surface area contributed by atoms with Crippen LogP contribution in [-0.4, -0.2) is 233 Å². The molecule has 26 N–H and O–H groups in total. The van der Waals surface area contributed by atoms with Gasteiger partial charge >= 0.3 is 0 Å². The van der Waals surface area contributed by atoms with Crippen LogP contribution in [0.2, 0.25) is 0 Å². The summed E-state index contributed by atoms with van der Waals surface area (Å²) in [6, 6.07) is -5.22. The fraction of sp³-hybridized carbons (Fsp3) is 0.949. The van der Waals surface area contributed by atoms with Crippen molar-refractivity contribution in [1.29, 1.82) is 0 Å². The van der Waals surface area contributed by atoms with Gasteiger partial charge in [-0.2, -0.15) is 0 Å². The summed E-state index contributed by atoms with van der Waals surface area (Å²) in [7, 11) is 1.64. The highest BCUT2D eigenvalue weighted by molar-refractivity contribution is 5.06. The van der Waals surface area contributed by atoms with Crippen molar-refractivity contribution >= 4 is 0 Å². The average molecular weight is 943 g/mol. The first-order valence-electron chi connectivity index (χ1n) is 22.4. The molecule has 25 atom stereocenters. The fourth-order valence-electron chi connectivity index (χ4n) is 9.29. The van der Waals surface area contributed by atoms with Crippen molar-refractivity contribution in [3.8, 4) is 0 Å². The van der Waals surface area contributed by atoms with Gasteiger partial charge in [0.1, 0.15) is 72.4 Å². The Morgan fingerprint density at radius 2 is 1.26 bits per heavy atom. The van der Waals surface area contributed by atoms with Crippen molar-refractivity contribution in [2.45, 2.75) is 192 Å². The molecule has 0 aromatic heterocycles. The van der Waals surface area contributed by atoms with Crippen LogP contribution in [0.3, 0.4) is 0 Å². The predicted octanol–water partition coefficient (Wildman–Crippen LogP) is -9.50. The van der Waals surface area contributed by atoms with Crippen LogP contribution in [0.15, 0.2) is 11.8 Å². The third-order valence-electron chi connectivity index (χ3n) is 13.1. The molecule has 26 heteroatoms. The van der Waals surface area contributed by atoms with Gasteiger partial charge in [0, 0.05) is 30.7 Å². The summed E-state index contributed by atoms with van der Waals surface area (Å²) in [6.45, 7) is 3.80. The van der Waals surface area contributed by atoms with Gasteiger partial charge in [-0.3, -0.25) is 0 Å². The minimum atomic E-state index is -1.44. The predicted molar refractivity (Wildman–Crippen MR) is 228 cm³/mol. The maximum Gasteiger partial charge on any atom is 0.215 e. The molecule has 0 aromatic rings. The smallest absolute Gasteiger partial charge is 0.215 e. The Bertz CT molecular complexity index is 1490. The third kappa shape index (κ3) is 12.7. The zero-order valence-corrected chi connectivity index (χ0v) is 37.3. The molecule has 5 fully saturated rings. The number of likely N-dealkylation sites (N-methyl/N-ethyl adjacent to an activating group) is 2. The van der Waals surface area contributed by atoms with E-state index in [0.29, 0.717) is 25.1 Å². The lowest BCUT2D eigenvalue weighted by molar-refractivity contribution is -0.314. The Kier molecular flexibility index (Phi) is 20.0. The minimum Gasteiger partial charge on any atom is -0.467 e. The Balaban J connectivity index is 0.000000244. The first kappa shape index (κ1) is 54.5. The molecule has 4 heterocycles. The lowest BCUT2D eigenvalue weighted by Gasteiger charge is -2.49. The molecule has 0 radical (unpaired) electrons. The number of aliphatic hydroxyl groups excluding tert-OH is 7. The van der Waals surface area contributed by atoms with E-state index in [1.165, 1.54) is 0 Å². The number of hydrogen-bond donors (Lipinski definition) is 18. The maximum atomic E-state index is 11.3. The van der Waals surface area contributed by atoms with Crippen LogP contribution in [0.4, 0.5) is 0 Å². The van der Waals surface area contributed by atoms with E-state index in [0.717, 1.165) is 0 Å². The molecule has 0 spiro atoms. The first-order chi connectivity index (χ1) is 30.7. The summed E-state index contributed by atoms with van der Waals surface area (Å²) in [5, 5.41) is 89.5. The van der Waals surface area contributed by atoms with Crippen LogP contribution in [0.1, 0.15) is 39.5 Å². The number of aliphatic hydroxyl groups is 8. The SMILES string of the molecule is CCN[C@@H]1C[C@H](N)[C@@H](OC2OC(CN)=CCC2N)[C@H](O)[C@H]1O[C@H]1OC[C@](C)(O)[C@H](NC)[C@H]1O.NC[C@H]1O[C@H](O[C@H]2[C@H](O)[C@@H](O[C@H]3O[C@H](CO)[C@@H](O)[C@H](N)[C@H]3O)[C@H](N)C[C@@H]2N)[C@H](N)C[C@@H]1O. The molecule has 26 nitrogen and oxygen atoms in total. The largest absolute Gasteiger partial charge is 0.467 e. The van der Waals surface area contributed by atoms with Crippen LogP contribution in [0.5, 0.6) is 0 Å². The highest BCUT2D eigenvalue weighted by Crippen LogP contribution is 2.33. The zero-order chi connectivity index (χ0) is 48.1. The van der Waals surface area contributed by atoms with Crippen molar-refractivity contribution in [3.63, 3.8) is 0 Å². The third-order valence-corrected chi connectivity index (χ3v) is 13.1. The van der Waals surface area contributed by atoms with Crippen molar-refractivity contribution in [2.24, 2.45) is 45.9 Å². The van der Waals surface area contributed by atoms with E-state index < -0.39 is 153 Å². The molecule has 380 valence electrons. The average Bonchev–Trinajstić information content (AvgIpc) is 3.26. The van der Waals surface area contributed by atoms with E-state index in [9.17, 15) is 40.9 Å². The summed E-state index contributed by atoms with van der Waals surface area (Å²) in [5.41, 5.74) is 46.7. The summed E-state index contributed by atoms with van der Waals surface area (Å²) in [6.07, 6.45) is -13.8. The molecule has 0 amide bonds. The lowest BCUT2D eigenvalue weighted by Crippen LogP contribution is -2.69. The second kappa shape index (κ2) is 23.9. The van der Waals surface area contributed by atoms with Crippen LogP contribution in [0.25, 0.3) is 0 Å². The summed E-state index contributed by atoms with van der Waals surface area (Å²) < 4.78 is 46.3. The van der Waals surface area contributed by atoms with Crippen LogP contribution in [0, 0.1) is 0 Å². The molecule has 6 aliphatic rings. The number of hydrogen-bond acceptors (Lipinski definition) is 26. The van der Waals surface area contributed by atoms with Gasteiger partial charge in [-0.15, -0.1) is 0 Å². The number of nitrogens with two attached hydrogens (primary N) is 8. The molecule has 4 aliphatic heterocycles. The van der Waals surface area contributed by atoms with Crippen molar-refractivity contribution < 1.29 is 78.7 Å².